The van der Waals surface area contributed by atoms with Gasteiger partial charge in [0.2, 0.25) is 5.91 Å². The number of nitrogens with one attached hydrogen (secondary N) is 1. The third kappa shape index (κ3) is 4.63. The second-order valence-corrected chi connectivity index (χ2v) is 4.80. The Bertz CT molecular complexity index is 329. The molecule has 0 radical (unpaired) electrons. The number of carbonyl (C=O) groups excluding carboxylic acids is 1. The van der Waals surface area contributed by atoms with Gasteiger partial charge in [-0.2, -0.15) is 0 Å². The highest BCUT2D eigenvalue weighted by molar-refractivity contribution is 7.99. The Hall–Kier alpha value is -1.07. The number of aromatic nitrogens is 1. The molecule has 0 aliphatic carbocycles. The van der Waals surface area contributed by atoms with Gasteiger partial charge < -0.3 is 11.1 Å². The van der Waals surface area contributed by atoms with E-state index < -0.39 is 0 Å². The van der Waals surface area contributed by atoms with Crippen LogP contribution in [0.2, 0.25) is 0 Å². The monoisotopic (exact) mass is 239 g/mol. The summed E-state index contributed by atoms with van der Waals surface area (Å²) in [5, 5.41) is 4.03. The molecule has 0 aliphatic heterocycles. The first-order chi connectivity index (χ1) is 7.59. The molecule has 0 saturated carbocycles. The maximum Gasteiger partial charge on any atom is 0.235 e. The summed E-state index contributed by atoms with van der Waals surface area (Å²) in [6.45, 7) is 3.97. The lowest BCUT2D eigenvalue weighted by Crippen LogP contribution is -2.46. The highest BCUT2D eigenvalue weighted by Gasteiger charge is 2.16. The molecule has 1 aromatic heterocycles. The van der Waals surface area contributed by atoms with Gasteiger partial charge in [-0.3, -0.25) is 4.79 Å². The van der Waals surface area contributed by atoms with Crippen LogP contribution in [0.15, 0.2) is 29.4 Å². The van der Waals surface area contributed by atoms with Crippen molar-refractivity contribution in [2.45, 2.75) is 31.0 Å². The van der Waals surface area contributed by atoms with Crippen LogP contribution in [0, 0.1) is 0 Å². The lowest BCUT2D eigenvalue weighted by Gasteiger charge is -2.17. The van der Waals surface area contributed by atoms with Crippen LogP contribution in [0.3, 0.4) is 0 Å². The van der Waals surface area contributed by atoms with E-state index in [1.807, 2.05) is 32.0 Å². The second kappa shape index (κ2) is 6.50. The molecule has 5 heteroatoms. The van der Waals surface area contributed by atoms with Crippen molar-refractivity contribution in [3.05, 3.63) is 24.4 Å². The SMILES string of the molecule is CC(C)NC(CSc1ccccn1)C(N)=O. The molecule has 0 fully saturated rings. The molecule has 1 unspecified atom stereocenters. The van der Waals surface area contributed by atoms with E-state index in [4.69, 9.17) is 5.73 Å². The van der Waals surface area contributed by atoms with Crippen LogP contribution in [0.1, 0.15) is 13.8 Å². The number of rotatable bonds is 6. The molecular weight excluding hydrogens is 222 g/mol. The number of primary amides is 1. The minimum Gasteiger partial charge on any atom is -0.368 e. The van der Waals surface area contributed by atoms with Crippen molar-refractivity contribution in [3.8, 4) is 0 Å². The normalized spacial score (nSPS) is 12.7. The van der Waals surface area contributed by atoms with Crippen LogP contribution in [0.25, 0.3) is 0 Å². The number of amides is 1. The smallest absolute Gasteiger partial charge is 0.235 e. The van der Waals surface area contributed by atoms with Crippen molar-refractivity contribution in [3.63, 3.8) is 0 Å². The number of nitrogens with zero attached hydrogens (tertiary/aromatic N) is 1. The van der Waals surface area contributed by atoms with Gasteiger partial charge in [0, 0.05) is 18.0 Å². The lowest BCUT2D eigenvalue weighted by atomic mass is 10.3. The molecule has 1 amide bonds. The van der Waals surface area contributed by atoms with Crippen LogP contribution in [-0.4, -0.2) is 28.7 Å². The molecule has 0 spiro atoms. The van der Waals surface area contributed by atoms with Crippen molar-refractivity contribution in [1.29, 1.82) is 0 Å². The fourth-order valence-corrected chi connectivity index (χ4v) is 2.12. The number of pyridine rings is 1. The van der Waals surface area contributed by atoms with Crippen molar-refractivity contribution in [2.24, 2.45) is 5.73 Å². The van der Waals surface area contributed by atoms with Crippen molar-refractivity contribution < 1.29 is 4.79 Å². The zero-order valence-electron chi connectivity index (χ0n) is 9.51. The first kappa shape index (κ1) is 13.0. The Morgan fingerprint density at radius 3 is 2.81 bits per heavy atom. The standard InChI is InChI=1S/C11H17N3OS/c1-8(2)14-9(11(12)15)7-16-10-5-3-4-6-13-10/h3-6,8-9,14H,7H2,1-2H3,(H2,12,15). The van der Waals surface area contributed by atoms with E-state index in [0.717, 1.165) is 5.03 Å². The lowest BCUT2D eigenvalue weighted by molar-refractivity contribution is -0.119. The van der Waals surface area contributed by atoms with Gasteiger partial charge in [-0.25, -0.2) is 4.98 Å². The van der Waals surface area contributed by atoms with Gasteiger partial charge in [0.25, 0.3) is 0 Å². The first-order valence-electron chi connectivity index (χ1n) is 5.19. The maximum absolute atomic E-state index is 11.2. The van der Waals surface area contributed by atoms with E-state index in [0.29, 0.717) is 5.75 Å². The van der Waals surface area contributed by atoms with E-state index >= 15 is 0 Å². The van der Waals surface area contributed by atoms with Gasteiger partial charge in [-0.1, -0.05) is 19.9 Å². The molecule has 0 bridgehead atoms. The topological polar surface area (TPSA) is 68.0 Å². The summed E-state index contributed by atoms with van der Waals surface area (Å²) in [6.07, 6.45) is 1.73. The molecule has 3 N–H and O–H groups in total. The molecule has 1 aromatic rings. The number of thioether (sulfide) groups is 1. The summed E-state index contributed by atoms with van der Waals surface area (Å²) in [5.41, 5.74) is 5.31. The zero-order valence-corrected chi connectivity index (χ0v) is 10.3. The molecule has 1 rings (SSSR count). The van der Waals surface area contributed by atoms with Gasteiger partial charge in [-0.05, 0) is 12.1 Å². The number of carbonyl (C=O) groups is 1. The average Bonchev–Trinajstić information content (AvgIpc) is 2.25. The summed E-state index contributed by atoms with van der Waals surface area (Å²) >= 11 is 1.52. The molecule has 1 heterocycles. The van der Waals surface area contributed by atoms with E-state index in [9.17, 15) is 4.79 Å². The Kier molecular flexibility index (Phi) is 5.28. The minimum absolute atomic E-state index is 0.238. The first-order valence-corrected chi connectivity index (χ1v) is 6.17. The fourth-order valence-electron chi connectivity index (χ4n) is 1.22. The van der Waals surface area contributed by atoms with Gasteiger partial charge in [-0.15, -0.1) is 11.8 Å². The summed E-state index contributed by atoms with van der Waals surface area (Å²) in [5.74, 6) is 0.280. The van der Waals surface area contributed by atoms with Crippen LogP contribution in [0.5, 0.6) is 0 Å². The van der Waals surface area contributed by atoms with Crippen LogP contribution in [-0.2, 0) is 4.79 Å². The maximum atomic E-state index is 11.2. The summed E-state index contributed by atoms with van der Waals surface area (Å²) < 4.78 is 0. The number of nitrogens with two attached hydrogens (primary N) is 1. The van der Waals surface area contributed by atoms with Gasteiger partial charge in [0.1, 0.15) is 0 Å². The third-order valence-corrected chi connectivity index (χ3v) is 2.95. The molecule has 16 heavy (non-hydrogen) atoms. The second-order valence-electron chi connectivity index (χ2n) is 3.76. The third-order valence-electron chi connectivity index (χ3n) is 1.91. The number of hydrogen-bond donors (Lipinski definition) is 2. The molecule has 88 valence electrons. The Morgan fingerprint density at radius 1 is 1.56 bits per heavy atom. The van der Waals surface area contributed by atoms with Crippen LogP contribution < -0.4 is 11.1 Å². The minimum atomic E-state index is -0.322. The van der Waals surface area contributed by atoms with E-state index in [1.54, 1.807) is 6.20 Å². The quantitative estimate of drug-likeness (QED) is 0.727. The van der Waals surface area contributed by atoms with Crippen LogP contribution in [0.4, 0.5) is 0 Å². The van der Waals surface area contributed by atoms with Gasteiger partial charge in [0.05, 0.1) is 11.1 Å². The van der Waals surface area contributed by atoms with Crippen molar-refractivity contribution in [2.75, 3.05) is 5.75 Å². The zero-order chi connectivity index (χ0) is 12.0. The highest BCUT2D eigenvalue weighted by atomic mass is 32.2. The Morgan fingerprint density at radius 2 is 2.31 bits per heavy atom. The largest absolute Gasteiger partial charge is 0.368 e. The highest BCUT2D eigenvalue weighted by Crippen LogP contribution is 2.15. The number of hydrogen-bond acceptors (Lipinski definition) is 4. The summed E-state index contributed by atoms with van der Waals surface area (Å²) in [7, 11) is 0. The van der Waals surface area contributed by atoms with Gasteiger partial charge in [0.15, 0.2) is 0 Å². The fraction of sp³-hybridized carbons (Fsp3) is 0.455. The summed E-state index contributed by atoms with van der Waals surface area (Å²) in [6, 6.07) is 5.62. The Balaban J connectivity index is 2.47. The van der Waals surface area contributed by atoms with E-state index in [-0.39, 0.29) is 18.0 Å². The van der Waals surface area contributed by atoms with E-state index in [2.05, 4.69) is 10.3 Å². The van der Waals surface area contributed by atoms with Crippen molar-refractivity contribution >= 4 is 17.7 Å². The molecule has 0 aliphatic rings. The predicted molar refractivity (Wildman–Crippen MR) is 66.2 cm³/mol. The average molecular weight is 239 g/mol. The molecule has 4 nitrogen and oxygen atoms in total. The van der Waals surface area contributed by atoms with Crippen LogP contribution >= 0.6 is 11.8 Å². The Labute approximate surface area is 100 Å². The van der Waals surface area contributed by atoms with E-state index in [1.165, 1.54) is 11.8 Å². The molecular formula is C11H17N3OS. The molecule has 1 atom stereocenters. The van der Waals surface area contributed by atoms with Crippen molar-refractivity contribution in [1.82, 2.24) is 10.3 Å². The molecule has 0 aromatic carbocycles. The predicted octanol–water partition coefficient (Wildman–Crippen LogP) is 1.03. The summed E-state index contributed by atoms with van der Waals surface area (Å²) in [4.78, 5) is 15.4. The van der Waals surface area contributed by atoms with Gasteiger partial charge >= 0.3 is 0 Å². The molecule has 0 saturated heterocycles.